The Labute approximate surface area is 135 Å². The van der Waals surface area contributed by atoms with E-state index in [1.807, 2.05) is 4.90 Å². The second-order valence-corrected chi connectivity index (χ2v) is 6.70. The van der Waals surface area contributed by atoms with Crippen LogP contribution in [0.3, 0.4) is 0 Å². The molecule has 2 atom stereocenters. The molecule has 0 spiro atoms. The first-order chi connectivity index (χ1) is 10.8. The van der Waals surface area contributed by atoms with E-state index in [4.69, 9.17) is 0 Å². The molecule has 1 aliphatic heterocycles. The van der Waals surface area contributed by atoms with E-state index in [2.05, 4.69) is 10.1 Å². The van der Waals surface area contributed by atoms with Crippen LogP contribution < -0.4 is 4.90 Å². The van der Waals surface area contributed by atoms with Gasteiger partial charge in [0.25, 0.3) is 0 Å². The Kier molecular flexibility index (Phi) is 4.33. The summed E-state index contributed by atoms with van der Waals surface area (Å²) >= 11 is 0.660. The molecule has 2 aromatic heterocycles. The highest BCUT2D eigenvalue weighted by Gasteiger charge is 2.36. The van der Waals surface area contributed by atoms with E-state index in [1.165, 1.54) is 0 Å². The van der Waals surface area contributed by atoms with E-state index in [9.17, 15) is 18.3 Å². The number of nitrogens with zero attached hydrogens (tertiary/aromatic N) is 4. The van der Waals surface area contributed by atoms with Crippen molar-refractivity contribution in [2.45, 2.75) is 37.6 Å². The normalized spacial score (nSPS) is 20.2. The van der Waals surface area contributed by atoms with Gasteiger partial charge >= 0.3 is 6.18 Å². The van der Waals surface area contributed by atoms with Crippen LogP contribution >= 0.6 is 11.3 Å². The average Bonchev–Trinajstić information content (AvgIpc) is 3.15. The Balaban J connectivity index is 1.71. The smallest absolute Gasteiger partial charge is 0.388 e. The van der Waals surface area contributed by atoms with Gasteiger partial charge < -0.3 is 10.0 Å². The van der Waals surface area contributed by atoms with Gasteiger partial charge in [0.05, 0.1) is 18.5 Å². The monoisotopic (exact) mass is 346 g/mol. The number of hydrogen-bond donors (Lipinski definition) is 1. The lowest BCUT2D eigenvalue weighted by Crippen LogP contribution is -2.30. The summed E-state index contributed by atoms with van der Waals surface area (Å²) in [7, 11) is 1.77. The minimum absolute atomic E-state index is 0.0163. The van der Waals surface area contributed by atoms with Crippen molar-refractivity contribution >= 4 is 16.5 Å². The van der Waals surface area contributed by atoms with Crippen molar-refractivity contribution in [1.82, 2.24) is 14.8 Å². The van der Waals surface area contributed by atoms with Crippen LogP contribution in [0.1, 0.15) is 35.8 Å². The van der Waals surface area contributed by atoms with Crippen molar-refractivity contribution in [3.63, 3.8) is 0 Å². The van der Waals surface area contributed by atoms with Crippen LogP contribution in [0.25, 0.3) is 0 Å². The van der Waals surface area contributed by atoms with Gasteiger partial charge in [0.2, 0.25) is 0 Å². The van der Waals surface area contributed by atoms with Crippen LogP contribution in [0.5, 0.6) is 0 Å². The van der Waals surface area contributed by atoms with Gasteiger partial charge in [-0.15, -0.1) is 0 Å². The first kappa shape index (κ1) is 16.3. The first-order valence-corrected chi connectivity index (χ1v) is 8.12. The van der Waals surface area contributed by atoms with Gasteiger partial charge in [-0.1, -0.05) is 11.3 Å². The van der Waals surface area contributed by atoms with Gasteiger partial charge in [-0.2, -0.15) is 18.3 Å². The molecule has 3 heterocycles. The quantitative estimate of drug-likeness (QED) is 0.925. The molecule has 9 heteroatoms. The Hall–Kier alpha value is -1.61. The molecular formula is C14H17F3N4OS. The molecule has 1 fully saturated rings. The number of rotatable bonds is 4. The van der Waals surface area contributed by atoms with E-state index >= 15 is 0 Å². The second kappa shape index (κ2) is 6.12. The number of halogens is 3. The number of anilines is 1. The summed E-state index contributed by atoms with van der Waals surface area (Å²) in [5.74, 6) is 0. The van der Waals surface area contributed by atoms with Crippen LogP contribution in [0.2, 0.25) is 0 Å². The zero-order chi connectivity index (χ0) is 16.6. The second-order valence-electron chi connectivity index (χ2n) is 5.69. The standard InChI is InChI=1S/C14H17F3N4OS/c1-20-8-9(6-19-20)11(22)5-10-3-2-4-21(10)13-18-7-12(23-13)14(15,16)17/h6-8,10-11,22H,2-5H2,1H3/t10-,11-/m0/s1. The fraction of sp³-hybridized carbons (Fsp3) is 0.571. The van der Waals surface area contributed by atoms with E-state index in [0.29, 0.717) is 29.4 Å². The van der Waals surface area contributed by atoms with Crippen molar-refractivity contribution in [1.29, 1.82) is 0 Å². The lowest BCUT2D eigenvalue weighted by molar-refractivity contribution is -0.134. The first-order valence-electron chi connectivity index (χ1n) is 7.31. The van der Waals surface area contributed by atoms with Gasteiger partial charge in [-0.05, 0) is 19.3 Å². The van der Waals surface area contributed by atoms with E-state index < -0.39 is 17.2 Å². The number of alkyl halides is 3. The maximum atomic E-state index is 12.7. The number of aromatic nitrogens is 3. The third-order valence-electron chi connectivity index (χ3n) is 4.00. The van der Waals surface area contributed by atoms with Crippen LogP contribution in [0, 0.1) is 0 Å². The summed E-state index contributed by atoms with van der Waals surface area (Å²) in [6, 6.07) is -0.0163. The SMILES string of the molecule is Cn1cc([C@@H](O)C[C@@H]2CCCN2c2ncc(C(F)(F)F)s2)cn1. The summed E-state index contributed by atoms with van der Waals surface area (Å²) in [4.78, 5) is 5.11. The predicted molar refractivity (Wildman–Crippen MR) is 80.3 cm³/mol. The van der Waals surface area contributed by atoms with Crippen molar-refractivity contribution in [2.75, 3.05) is 11.4 Å². The molecule has 0 amide bonds. The highest BCUT2D eigenvalue weighted by atomic mass is 32.1. The van der Waals surface area contributed by atoms with Crippen LogP contribution in [-0.2, 0) is 13.2 Å². The lowest BCUT2D eigenvalue weighted by Gasteiger charge is -2.25. The predicted octanol–water partition coefficient (Wildman–Crippen LogP) is 2.99. The maximum Gasteiger partial charge on any atom is 0.427 e. The summed E-state index contributed by atoms with van der Waals surface area (Å²) in [6.45, 7) is 0.662. The highest BCUT2D eigenvalue weighted by Crippen LogP contribution is 2.39. The molecule has 0 radical (unpaired) electrons. The summed E-state index contributed by atoms with van der Waals surface area (Å²) in [5.41, 5.74) is 0.717. The topological polar surface area (TPSA) is 54.2 Å². The molecular weight excluding hydrogens is 329 g/mol. The van der Waals surface area contributed by atoms with E-state index in [0.717, 1.165) is 24.6 Å². The molecule has 5 nitrogen and oxygen atoms in total. The number of aliphatic hydroxyl groups is 1. The van der Waals surface area contributed by atoms with Gasteiger partial charge in [0.1, 0.15) is 4.88 Å². The molecule has 0 unspecified atom stereocenters. The fourth-order valence-corrected chi connectivity index (χ4v) is 3.75. The lowest BCUT2D eigenvalue weighted by atomic mass is 10.0. The molecule has 1 saturated heterocycles. The van der Waals surface area contributed by atoms with Crippen molar-refractivity contribution in [2.24, 2.45) is 7.05 Å². The zero-order valence-electron chi connectivity index (χ0n) is 12.5. The highest BCUT2D eigenvalue weighted by molar-refractivity contribution is 7.15. The van der Waals surface area contributed by atoms with Gasteiger partial charge in [-0.25, -0.2) is 4.98 Å². The molecule has 0 bridgehead atoms. The molecule has 1 N–H and O–H groups in total. The Morgan fingerprint density at radius 2 is 2.22 bits per heavy atom. The molecule has 126 valence electrons. The van der Waals surface area contributed by atoms with Crippen molar-refractivity contribution in [3.8, 4) is 0 Å². The largest absolute Gasteiger partial charge is 0.427 e. The van der Waals surface area contributed by atoms with Crippen LogP contribution in [-0.4, -0.2) is 32.5 Å². The van der Waals surface area contributed by atoms with E-state index in [-0.39, 0.29) is 6.04 Å². The van der Waals surface area contributed by atoms with Crippen molar-refractivity contribution in [3.05, 3.63) is 29.0 Å². The molecule has 0 aliphatic carbocycles. The molecule has 3 rings (SSSR count). The Morgan fingerprint density at radius 3 is 2.83 bits per heavy atom. The Bertz CT molecular complexity index is 669. The third kappa shape index (κ3) is 3.50. The molecule has 1 aliphatic rings. The number of thiazole rings is 1. The van der Waals surface area contributed by atoms with Crippen LogP contribution in [0.15, 0.2) is 18.6 Å². The van der Waals surface area contributed by atoms with Gasteiger partial charge in [-0.3, -0.25) is 4.68 Å². The number of aryl methyl sites for hydroxylation is 1. The summed E-state index contributed by atoms with van der Waals surface area (Å²) < 4.78 is 39.8. The minimum atomic E-state index is -4.36. The molecule has 2 aromatic rings. The average molecular weight is 346 g/mol. The van der Waals surface area contributed by atoms with Crippen LogP contribution in [0.4, 0.5) is 18.3 Å². The number of hydrogen-bond acceptors (Lipinski definition) is 5. The van der Waals surface area contributed by atoms with Gasteiger partial charge in [0, 0.05) is 31.4 Å². The zero-order valence-corrected chi connectivity index (χ0v) is 13.3. The molecule has 0 aromatic carbocycles. The van der Waals surface area contributed by atoms with E-state index in [1.54, 1.807) is 24.1 Å². The molecule has 23 heavy (non-hydrogen) atoms. The van der Waals surface area contributed by atoms with Crippen molar-refractivity contribution < 1.29 is 18.3 Å². The minimum Gasteiger partial charge on any atom is -0.388 e. The van der Waals surface area contributed by atoms with Gasteiger partial charge in [0.15, 0.2) is 5.13 Å². The summed E-state index contributed by atoms with van der Waals surface area (Å²) in [6.07, 6.45) is 1.35. The third-order valence-corrected chi connectivity index (χ3v) is 5.08. The summed E-state index contributed by atoms with van der Waals surface area (Å²) in [5, 5.41) is 14.7. The maximum absolute atomic E-state index is 12.7. The molecule has 0 saturated carbocycles. The fourth-order valence-electron chi connectivity index (χ4n) is 2.87. The number of aliphatic hydroxyl groups excluding tert-OH is 1. The Morgan fingerprint density at radius 1 is 1.43 bits per heavy atom.